The second-order valence-electron chi connectivity index (χ2n) is 9.51. The molecular weight excluding hydrogens is 483 g/mol. The molecule has 0 saturated carbocycles. The molecule has 9 heteroatoms. The number of nitrogens with two attached hydrogens (primary N) is 1. The van der Waals surface area contributed by atoms with Crippen molar-refractivity contribution in [2.45, 2.75) is 52.6 Å². The molecule has 0 amide bonds. The van der Waals surface area contributed by atoms with Crippen LogP contribution in [0.3, 0.4) is 0 Å². The third kappa shape index (κ3) is 4.01. The summed E-state index contributed by atoms with van der Waals surface area (Å²) in [6.45, 7) is 7.72. The molecule has 4 rings (SSSR count). The number of ketones is 1. The highest BCUT2D eigenvalue weighted by molar-refractivity contribution is 7.12. The second-order valence-corrected chi connectivity index (χ2v) is 11.4. The van der Waals surface area contributed by atoms with Crippen molar-refractivity contribution in [3.8, 4) is 6.07 Å². The van der Waals surface area contributed by atoms with Gasteiger partial charge in [0.1, 0.15) is 5.82 Å². The number of thiophene rings is 1. The van der Waals surface area contributed by atoms with Crippen molar-refractivity contribution in [3.05, 3.63) is 72.8 Å². The highest BCUT2D eigenvalue weighted by atomic mass is 35.5. The lowest BCUT2D eigenvalue weighted by Gasteiger charge is -2.44. The van der Waals surface area contributed by atoms with Crippen molar-refractivity contribution < 1.29 is 18.0 Å². The average Bonchev–Trinajstić information content (AvgIpc) is 3.04. The van der Waals surface area contributed by atoms with Crippen molar-refractivity contribution in [3.63, 3.8) is 0 Å². The molecule has 0 bridgehead atoms. The molecule has 1 aromatic carbocycles. The quantitative estimate of drug-likeness (QED) is 0.478. The van der Waals surface area contributed by atoms with E-state index in [1.807, 2.05) is 33.8 Å². The SMILES string of the molecule is Cc1cc([C@H]2C(C#N)=C(N)N(c3cc(C(F)(F)F)ccc3Cl)C3=C2C(=O)CC(C)(C)C3)c(C)s1. The summed E-state index contributed by atoms with van der Waals surface area (Å²) in [7, 11) is 0. The fourth-order valence-electron chi connectivity index (χ4n) is 4.89. The molecule has 2 aliphatic rings. The molecule has 1 aromatic heterocycles. The first kappa shape index (κ1) is 24.4. The van der Waals surface area contributed by atoms with Crippen LogP contribution in [0.2, 0.25) is 5.02 Å². The number of hydrogen-bond donors (Lipinski definition) is 1. The molecule has 2 heterocycles. The van der Waals surface area contributed by atoms with Crippen molar-refractivity contribution >= 4 is 34.4 Å². The van der Waals surface area contributed by atoms with Gasteiger partial charge in [0.25, 0.3) is 0 Å². The van der Waals surface area contributed by atoms with Crippen LogP contribution in [0.25, 0.3) is 0 Å². The molecular formula is C25H23ClF3N3OS. The predicted octanol–water partition coefficient (Wildman–Crippen LogP) is 6.98. The van der Waals surface area contributed by atoms with Crippen LogP contribution in [-0.2, 0) is 11.0 Å². The van der Waals surface area contributed by atoms with Gasteiger partial charge in [0.2, 0.25) is 0 Å². The van der Waals surface area contributed by atoms with Gasteiger partial charge in [-0.2, -0.15) is 18.4 Å². The minimum atomic E-state index is -4.60. The first-order chi connectivity index (χ1) is 15.7. The average molecular weight is 506 g/mol. The predicted molar refractivity (Wildman–Crippen MR) is 127 cm³/mol. The Labute approximate surface area is 205 Å². The summed E-state index contributed by atoms with van der Waals surface area (Å²) in [5.74, 6) is -0.830. The van der Waals surface area contributed by atoms with E-state index >= 15 is 0 Å². The second kappa shape index (κ2) is 8.17. The zero-order chi connectivity index (χ0) is 25.2. The number of carbonyl (C=O) groups excluding carboxylic acids is 1. The summed E-state index contributed by atoms with van der Waals surface area (Å²) < 4.78 is 40.6. The van der Waals surface area contributed by atoms with Gasteiger partial charge in [-0.1, -0.05) is 25.4 Å². The number of anilines is 1. The highest BCUT2D eigenvalue weighted by Gasteiger charge is 2.46. The third-order valence-electron chi connectivity index (χ3n) is 6.29. The number of rotatable bonds is 2. The van der Waals surface area contributed by atoms with E-state index in [-0.39, 0.29) is 34.3 Å². The van der Waals surface area contributed by atoms with Crippen LogP contribution in [0.4, 0.5) is 18.9 Å². The Kier molecular flexibility index (Phi) is 5.86. The molecule has 0 radical (unpaired) electrons. The largest absolute Gasteiger partial charge is 0.416 e. The molecule has 0 unspecified atom stereocenters. The van der Waals surface area contributed by atoms with E-state index in [4.69, 9.17) is 17.3 Å². The molecule has 1 aliphatic carbocycles. The number of hydrogen-bond acceptors (Lipinski definition) is 5. The Morgan fingerprint density at radius 3 is 2.47 bits per heavy atom. The van der Waals surface area contributed by atoms with Gasteiger partial charge in [-0.15, -0.1) is 11.3 Å². The Balaban J connectivity index is 2.05. The molecule has 1 aliphatic heterocycles. The summed E-state index contributed by atoms with van der Waals surface area (Å²) in [6, 6.07) is 7.06. The smallest absolute Gasteiger partial charge is 0.384 e. The number of allylic oxidation sites excluding steroid dienone is 3. The zero-order valence-corrected chi connectivity index (χ0v) is 20.7. The van der Waals surface area contributed by atoms with Crippen LogP contribution in [0, 0.1) is 30.6 Å². The highest BCUT2D eigenvalue weighted by Crippen LogP contribution is 2.52. The van der Waals surface area contributed by atoms with Crippen LogP contribution in [0.15, 0.2) is 46.9 Å². The maximum absolute atomic E-state index is 13.5. The standard InChI is InChI=1S/C25H23ClF3N3OS/c1-12-7-15(13(2)34-12)21-16(11-30)23(31)32(19-9-24(3,4)10-20(33)22(19)21)18-8-14(25(27,28)29)5-6-17(18)26/h5-8,21H,9-10,31H2,1-4H3/t21-/m0/s1. The Morgan fingerprint density at radius 2 is 1.91 bits per heavy atom. The Bertz CT molecular complexity index is 1310. The molecule has 1 atom stereocenters. The van der Waals surface area contributed by atoms with Gasteiger partial charge in [-0.05, 0) is 55.5 Å². The number of nitriles is 1. The van der Waals surface area contributed by atoms with E-state index in [1.54, 1.807) is 11.3 Å². The molecule has 2 N–H and O–H groups in total. The lowest BCUT2D eigenvalue weighted by atomic mass is 9.68. The molecule has 0 spiro atoms. The molecule has 4 nitrogen and oxygen atoms in total. The molecule has 34 heavy (non-hydrogen) atoms. The Hall–Kier alpha value is -2.76. The van der Waals surface area contributed by atoms with E-state index < -0.39 is 23.1 Å². The van der Waals surface area contributed by atoms with E-state index in [0.717, 1.165) is 33.5 Å². The summed E-state index contributed by atoms with van der Waals surface area (Å²) in [5, 5.41) is 10.2. The van der Waals surface area contributed by atoms with Crippen LogP contribution < -0.4 is 10.6 Å². The van der Waals surface area contributed by atoms with Gasteiger partial charge >= 0.3 is 6.18 Å². The number of aryl methyl sites for hydroxylation is 2. The maximum Gasteiger partial charge on any atom is 0.416 e. The van der Waals surface area contributed by atoms with Crippen LogP contribution in [0.5, 0.6) is 0 Å². The summed E-state index contributed by atoms with van der Waals surface area (Å²) >= 11 is 7.94. The fraction of sp³-hybridized carbons (Fsp3) is 0.360. The van der Waals surface area contributed by atoms with Crippen molar-refractivity contribution in [2.24, 2.45) is 11.1 Å². The molecule has 2 aromatic rings. The molecule has 0 fully saturated rings. The Morgan fingerprint density at radius 1 is 1.24 bits per heavy atom. The van der Waals surface area contributed by atoms with E-state index in [9.17, 15) is 23.2 Å². The summed E-state index contributed by atoms with van der Waals surface area (Å²) in [6.07, 6.45) is -3.95. The number of Topliss-reactive ketones (excluding diaryl/α,β-unsaturated/α-hetero) is 1. The first-order valence-electron chi connectivity index (χ1n) is 10.6. The minimum absolute atomic E-state index is 0.00332. The van der Waals surface area contributed by atoms with E-state index in [2.05, 4.69) is 6.07 Å². The minimum Gasteiger partial charge on any atom is -0.384 e. The van der Waals surface area contributed by atoms with E-state index in [1.165, 1.54) is 4.90 Å². The number of halogens is 4. The van der Waals surface area contributed by atoms with Gasteiger partial charge in [0.15, 0.2) is 5.78 Å². The number of benzene rings is 1. The summed E-state index contributed by atoms with van der Waals surface area (Å²) in [5.41, 5.74) is 7.01. The van der Waals surface area contributed by atoms with Crippen molar-refractivity contribution in [1.29, 1.82) is 5.26 Å². The number of alkyl halides is 3. The van der Waals surface area contributed by atoms with Gasteiger partial charge < -0.3 is 5.73 Å². The monoisotopic (exact) mass is 505 g/mol. The van der Waals surface area contributed by atoms with Crippen molar-refractivity contribution in [1.82, 2.24) is 0 Å². The molecule has 0 saturated heterocycles. The third-order valence-corrected chi connectivity index (χ3v) is 7.59. The van der Waals surface area contributed by atoms with Gasteiger partial charge in [0, 0.05) is 27.4 Å². The van der Waals surface area contributed by atoms with Gasteiger partial charge in [-0.25, -0.2) is 0 Å². The van der Waals surface area contributed by atoms with Crippen LogP contribution >= 0.6 is 22.9 Å². The first-order valence-corrected chi connectivity index (χ1v) is 11.8. The van der Waals surface area contributed by atoms with Gasteiger partial charge in [0.05, 0.1) is 33.8 Å². The lowest BCUT2D eigenvalue weighted by Crippen LogP contribution is -2.42. The lowest BCUT2D eigenvalue weighted by molar-refractivity contribution is -0.137. The van der Waals surface area contributed by atoms with Crippen molar-refractivity contribution in [2.75, 3.05) is 4.90 Å². The van der Waals surface area contributed by atoms with Gasteiger partial charge in [-0.3, -0.25) is 9.69 Å². The molecule has 178 valence electrons. The maximum atomic E-state index is 13.5. The number of carbonyl (C=O) groups is 1. The van der Waals surface area contributed by atoms with E-state index in [0.29, 0.717) is 17.7 Å². The van der Waals surface area contributed by atoms with Crippen LogP contribution in [-0.4, -0.2) is 5.78 Å². The summed E-state index contributed by atoms with van der Waals surface area (Å²) in [4.78, 5) is 16.9. The topological polar surface area (TPSA) is 70.1 Å². The fourth-order valence-corrected chi connectivity index (χ4v) is 6.06. The normalized spacial score (nSPS) is 20.5. The zero-order valence-electron chi connectivity index (χ0n) is 19.1. The number of nitrogens with zero attached hydrogens (tertiary/aromatic N) is 2. The van der Waals surface area contributed by atoms with Crippen LogP contribution in [0.1, 0.15) is 53.5 Å².